The molecule has 154 valence electrons. The van der Waals surface area contributed by atoms with Crippen LogP contribution in [0.2, 0.25) is 0 Å². The molecule has 0 radical (unpaired) electrons. The van der Waals surface area contributed by atoms with Crippen molar-refractivity contribution in [3.8, 4) is 5.75 Å². The Balaban J connectivity index is 0.00000280. The van der Waals surface area contributed by atoms with Crippen molar-refractivity contribution in [3.05, 3.63) is 41.7 Å². The fraction of sp³-hybridized carbons (Fsp3) is 0.444. The van der Waals surface area contributed by atoms with E-state index in [1.54, 1.807) is 23.9 Å². The molecule has 6 nitrogen and oxygen atoms in total. The van der Waals surface area contributed by atoms with Gasteiger partial charge in [-0.25, -0.2) is 0 Å². The molecule has 0 unspecified atom stereocenters. The molecule has 1 fully saturated rings. The van der Waals surface area contributed by atoms with Crippen LogP contribution in [0.1, 0.15) is 17.0 Å². The van der Waals surface area contributed by atoms with E-state index in [1.165, 1.54) is 12.1 Å². The van der Waals surface area contributed by atoms with E-state index in [1.807, 2.05) is 13.2 Å². The highest BCUT2D eigenvalue weighted by molar-refractivity contribution is 5.93. The Kier molecular flexibility index (Phi) is 6.95. The number of benzene rings is 1. The smallest absolute Gasteiger partial charge is 0.422 e. The second kappa shape index (κ2) is 8.83. The number of alkyl halides is 3. The first-order valence-electron chi connectivity index (χ1n) is 8.53. The van der Waals surface area contributed by atoms with Crippen molar-refractivity contribution in [3.63, 3.8) is 0 Å². The van der Waals surface area contributed by atoms with Gasteiger partial charge in [-0.15, -0.1) is 12.4 Å². The van der Waals surface area contributed by atoms with E-state index in [-0.39, 0.29) is 35.9 Å². The summed E-state index contributed by atoms with van der Waals surface area (Å²) in [6.45, 7) is 1.53. The number of halogens is 4. The monoisotopic (exact) mass is 418 g/mol. The number of nitrogens with one attached hydrogen (secondary N) is 2. The SMILES string of the molecule is Cc1cc(NC(=O)[C@H]2CNC[C@@H]2c2cnn(C)c2)ccc1OCC(F)(F)F.Cl. The maximum Gasteiger partial charge on any atom is 0.422 e. The average Bonchev–Trinajstić information content (AvgIpc) is 3.21. The molecule has 2 heterocycles. The standard InChI is InChI=1S/C18H21F3N4O2.ClH/c1-11-5-13(3-4-16(11)27-10-18(19,20)21)24-17(26)15-8-22-7-14(15)12-6-23-25(2)9-12;/h3-6,9,14-15,22H,7-8,10H2,1-2H3,(H,24,26);1H/t14-,15+;/m1./s1. The van der Waals surface area contributed by atoms with Gasteiger partial charge in [-0.1, -0.05) is 0 Å². The molecule has 10 heteroatoms. The maximum absolute atomic E-state index is 12.7. The van der Waals surface area contributed by atoms with Crippen LogP contribution in [-0.4, -0.2) is 41.6 Å². The topological polar surface area (TPSA) is 68.2 Å². The summed E-state index contributed by atoms with van der Waals surface area (Å²) >= 11 is 0. The average molecular weight is 419 g/mol. The van der Waals surface area contributed by atoms with Gasteiger partial charge < -0.3 is 15.4 Å². The van der Waals surface area contributed by atoms with Crippen LogP contribution in [-0.2, 0) is 11.8 Å². The van der Waals surface area contributed by atoms with Crippen molar-refractivity contribution in [2.75, 3.05) is 25.0 Å². The van der Waals surface area contributed by atoms with E-state index in [2.05, 4.69) is 15.7 Å². The molecule has 1 saturated heterocycles. The Labute approximate surface area is 166 Å². The van der Waals surface area contributed by atoms with E-state index in [9.17, 15) is 18.0 Å². The van der Waals surface area contributed by atoms with E-state index in [4.69, 9.17) is 4.74 Å². The van der Waals surface area contributed by atoms with Gasteiger partial charge in [0.25, 0.3) is 0 Å². The zero-order chi connectivity index (χ0) is 19.6. The first kappa shape index (κ1) is 22.0. The molecule has 2 atom stereocenters. The van der Waals surface area contributed by atoms with Gasteiger partial charge >= 0.3 is 6.18 Å². The number of carbonyl (C=O) groups is 1. The minimum atomic E-state index is -4.39. The van der Waals surface area contributed by atoms with Gasteiger partial charge in [-0.3, -0.25) is 9.48 Å². The molecule has 28 heavy (non-hydrogen) atoms. The lowest BCUT2D eigenvalue weighted by atomic mass is 9.90. The number of ether oxygens (including phenoxy) is 1. The lowest BCUT2D eigenvalue weighted by Gasteiger charge is -2.18. The summed E-state index contributed by atoms with van der Waals surface area (Å²) in [4.78, 5) is 12.7. The van der Waals surface area contributed by atoms with Crippen LogP contribution in [0.3, 0.4) is 0 Å². The van der Waals surface area contributed by atoms with Crippen molar-refractivity contribution < 1.29 is 22.7 Å². The first-order chi connectivity index (χ1) is 12.7. The summed E-state index contributed by atoms with van der Waals surface area (Å²) in [6, 6.07) is 4.57. The number of hydrogen-bond acceptors (Lipinski definition) is 4. The maximum atomic E-state index is 12.7. The van der Waals surface area contributed by atoms with Crippen molar-refractivity contribution in [1.82, 2.24) is 15.1 Å². The molecule has 1 aliphatic rings. The summed E-state index contributed by atoms with van der Waals surface area (Å²) in [5.74, 6) is -0.233. The van der Waals surface area contributed by atoms with Crippen molar-refractivity contribution in [1.29, 1.82) is 0 Å². The Morgan fingerprint density at radius 1 is 1.39 bits per heavy atom. The minimum absolute atomic E-state index is 0. The molecular weight excluding hydrogens is 397 g/mol. The van der Waals surface area contributed by atoms with Crippen LogP contribution in [0.25, 0.3) is 0 Å². The van der Waals surface area contributed by atoms with Crippen molar-refractivity contribution >= 4 is 24.0 Å². The molecule has 2 N–H and O–H groups in total. The molecule has 0 bridgehead atoms. The fourth-order valence-corrected chi connectivity index (χ4v) is 3.22. The largest absolute Gasteiger partial charge is 0.484 e. The van der Waals surface area contributed by atoms with Gasteiger partial charge in [0.1, 0.15) is 5.75 Å². The molecule has 3 rings (SSSR count). The quantitative estimate of drug-likeness (QED) is 0.783. The normalized spacial score (nSPS) is 19.2. The summed E-state index contributed by atoms with van der Waals surface area (Å²) in [7, 11) is 1.83. The third-order valence-corrected chi connectivity index (χ3v) is 4.54. The number of nitrogens with zero attached hydrogens (tertiary/aromatic N) is 2. The lowest BCUT2D eigenvalue weighted by molar-refractivity contribution is -0.153. The summed E-state index contributed by atoms with van der Waals surface area (Å²) in [5.41, 5.74) is 2.04. The van der Waals surface area contributed by atoms with Crippen molar-refractivity contribution in [2.45, 2.75) is 19.0 Å². The molecule has 1 aromatic heterocycles. The molecule has 0 spiro atoms. The lowest BCUT2D eigenvalue weighted by Crippen LogP contribution is -2.28. The molecule has 0 saturated carbocycles. The predicted octanol–water partition coefficient (Wildman–Crippen LogP) is 3.03. The van der Waals surface area contributed by atoms with Gasteiger partial charge in [0.05, 0.1) is 12.1 Å². The molecule has 1 amide bonds. The molecule has 0 aliphatic carbocycles. The highest BCUT2D eigenvalue weighted by Crippen LogP contribution is 2.30. The van der Waals surface area contributed by atoms with Crippen LogP contribution in [0.4, 0.5) is 18.9 Å². The number of carbonyl (C=O) groups excluding carboxylic acids is 1. The number of aryl methyl sites for hydroxylation is 2. The second-order valence-electron chi connectivity index (χ2n) is 6.69. The Bertz CT molecular complexity index is 825. The minimum Gasteiger partial charge on any atom is -0.484 e. The Morgan fingerprint density at radius 3 is 2.75 bits per heavy atom. The predicted molar refractivity (Wildman–Crippen MR) is 101 cm³/mol. The Hall–Kier alpha value is -2.26. The van der Waals surface area contributed by atoms with E-state index in [0.717, 1.165) is 5.56 Å². The van der Waals surface area contributed by atoms with Crippen LogP contribution >= 0.6 is 12.4 Å². The third kappa shape index (κ3) is 5.39. The Morgan fingerprint density at radius 2 is 2.14 bits per heavy atom. The number of rotatable bonds is 5. The summed E-state index contributed by atoms with van der Waals surface area (Å²) in [6.07, 6.45) is -0.736. The molecule has 1 aliphatic heterocycles. The van der Waals surface area contributed by atoms with E-state index >= 15 is 0 Å². The first-order valence-corrected chi connectivity index (χ1v) is 8.53. The van der Waals surface area contributed by atoms with Crippen LogP contribution in [0.5, 0.6) is 5.75 Å². The zero-order valence-corrected chi connectivity index (χ0v) is 16.2. The molecule has 1 aromatic carbocycles. The fourth-order valence-electron chi connectivity index (χ4n) is 3.22. The summed E-state index contributed by atoms with van der Waals surface area (Å²) < 4.78 is 43.3. The number of anilines is 1. The number of hydrogen-bond donors (Lipinski definition) is 2. The number of aromatic nitrogens is 2. The van der Waals surface area contributed by atoms with Gasteiger partial charge in [0, 0.05) is 37.9 Å². The second-order valence-corrected chi connectivity index (χ2v) is 6.69. The van der Waals surface area contributed by atoms with Gasteiger partial charge in [0.15, 0.2) is 6.61 Å². The highest BCUT2D eigenvalue weighted by Gasteiger charge is 2.34. The van der Waals surface area contributed by atoms with E-state index in [0.29, 0.717) is 24.3 Å². The molecular formula is C18H22ClF3N4O2. The van der Waals surface area contributed by atoms with Gasteiger partial charge in [0.2, 0.25) is 5.91 Å². The van der Waals surface area contributed by atoms with Gasteiger partial charge in [-0.2, -0.15) is 18.3 Å². The van der Waals surface area contributed by atoms with Crippen molar-refractivity contribution in [2.24, 2.45) is 13.0 Å². The third-order valence-electron chi connectivity index (χ3n) is 4.54. The van der Waals surface area contributed by atoms with E-state index < -0.39 is 12.8 Å². The van der Waals surface area contributed by atoms with Crippen LogP contribution < -0.4 is 15.4 Å². The summed E-state index contributed by atoms with van der Waals surface area (Å²) in [5, 5.41) is 10.2. The molecule has 2 aromatic rings. The highest BCUT2D eigenvalue weighted by atomic mass is 35.5. The van der Waals surface area contributed by atoms with Crippen LogP contribution in [0.15, 0.2) is 30.6 Å². The zero-order valence-electron chi connectivity index (χ0n) is 15.4. The van der Waals surface area contributed by atoms with Crippen LogP contribution in [0, 0.1) is 12.8 Å². The number of amides is 1. The van der Waals surface area contributed by atoms with Gasteiger partial charge in [-0.05, 0) is 36.2 Å².